The summed E-state index contributed by atoms with van der Waals surface area (Å²) < 4.78 is 19.0. The molecule has 0 saturated heterocycles. The highest BCUT2D eigenvalue weighted by atomic mass is 19.1. The Morgan fingerprint density at radius 1 is 1.18 bits per heavy atom. The van der Waals surface area contributed by atoms with Crippen molar-refractivity contribution in [3.8, 4) is 5.75 Å². The van der Waals surface area contributed by atoms with Crippen LogP contribution in [0.5, 0.6) is 5.75 Å². The van der Waals surface area contributed by atoms with Crippen LogP contribution in [0.2, 0.25) is 0 Å². The molecule has 0 fully saturated rings. The third-order valence-electron chi connectivity index (χ3n) is 4.78. The number of hydrogen-bond acceptors (Lipinski definition) is 2. The predicted molar refractivity (Wildman–Crippen MR) is 85.7 cm³/mol. The number of allylic oxidation sites excluding steroid dienone is 2. The van der Waals surface area contributed by atoms with Crippen LogP contribution >= 0.6 is 0 Å². The zero-order valence-electron chi connectivity index (χ0n) is 12.4. The molecule has 1 aliphatic carbocycles. The summed E-state index contributed by atoms with van der Waals surface area (Å²) in [5.74, 6) is 1.40. The first-order valence-electron chi connectivity index (χ1n) is 7.63. The van der Waals surface area contributed by atoms with Gasteiger partial charge in [0.25, 0.3) is 0 Å². The Balaban J connectivity index is 1.77. The molecule has 112 valence electrons. The number of methoxy groups -OCH3 is 1. The monoisotopic (exact) mass is 295 g/mol. The largest absolute Gasteiger partial charge is 0.497 e. The van der Waals surface area contributed by atoms with E-state index in [1.54, 1.807) is 13.2 Å². The van der Waals surface area contributed by atoms with Crippen LogP contribution in [0, 0.1) is 11.7 Å². The predicted octanol–water partition coefficient (Wildman–Crippen LogP) is 4.66. The Labute approximate surface area is 129 Å². The minimum Gasteiger partial charge on any atom is -0.497 e. The number of fused-ring (bicyclic) bond motifs is 3. The number of nitrogens with one attached hydrogen (secondary N) is 1. The minimum absolute atomic E-state index is 0.167. The SMILES string of the molecule is COc1cccc([C@@H]2Nc3ccc(F)cc3[C@H]3C=CC[C@@H]32)c1. The fourth-order valence-electron chi connectivity index (χ4n) is 3.73. The molecule has 3 atom stereocenters. The van der Waals surface area contributed by atoms with Crippen LogP contribution < -0.4 is 10.1 Å². The molecule has 1 heterocycles. The summed E-state index contributed by atoms with van der Waals surface area (Å²) in [7, 11) is 1.69. The topological polar surface area (TPSA) is 21.3 Å². The van der Waals surface area contributed by atoms with Crippen molar-refractivity contribution in [2.24, 2.45) is 5.92 Å². The van der Waals surface area contributed by atoms with Gasteiger partial charge in [0.2, 0.25) is 0 Å². The van der Waals surface area contributed by atoms with E-state index in [-0.39, 0.29) is 17.8 Å². The van der Waals surface area contributed by atoms with Gasteiger partial charge in [-0.05, 0) is 53.8 Å². The number of halogens is 1. The second kappa shape index (κ2) is 5.16. The molecule has 4 rings (SSSR count). The van der Waals surface area contributed by atoms with Gasteiger partial charge in [-0.15, -0.1) is 0 Å². The molecule has 0 saturated carbocycles. The highest BCUT2D eigenvalue weighted by Gasteiger charge is 2.38. The summed E-state index contributed by atoms with van der Waals surface area (Å²) in [5.41, 5.74) is 3.31. The Kier molecular flexibility index (Phi) is 3.14. The fourth-order valence-corrected chi connectivity index (χ4v) is 3.73. The number of hydrogen-bond donors (Lipinski definition) is 1. The van der Waals surface area contributed by atoms with E-state index in [1.807, 2.05) is 18.2 Å². The van der Waals surface area contributed by atoms with Gasteiger partial charge in [-0.3, -0.25) is 0 Å². The van der Waals surface area contributed by atoms with Crippen molar-refractivity contribution < 1.29 is 9.13 Å². The van der Waals surface area contributed by atoms with Gasteiger partial charge in [0, 0.05) is 11.6 Å². The summed E-state index contributed by atoms with van der Waals surface area (Å²) in [5, 5.41) is 3.60. The highest BCUT2D eigenvalue weighted by molar-refractivity contribution is 5.60. The lowest BCUT2D eigenvalue weighted by atomic mass is 9.77. The molecule has 0 bridgehead atoms. The molecule has 0 aromatic heterocycles. The number of rotatable bonds is 2. The first-order chi connectivity index (χ1) is 10.8. The van der Waals surface area contributed by atoms with E-state index in [0.29, 0.717) is 5.92 Å². The van der Waals surface area contributed by atoms with Gasteiger partial charge in [0.1, 0.15) is 11.6 Å². The van der Waals surface area contributed by atoms with Crippen LogP contribution in [-0.4, -0.2) is 7.11 Å². The van der Waals surface area contributed by atoms with Gasteiger partial charge in [-0.2, -0.15) is 0 Å². The Bertz CT molecular complexity index is 740. The van der Waals surface area contributed by atoms with E-state index in [9.17, 15) is 4.39 Å². The zero-order chi connectivity index (χ0) is 15.1. The molecule has 3 heteroatoms. The number of ether oxygens (including phenoxy) is 1. The first kappa shape index (κ1) is 13.4. The molecule has 22 heavy (non-hydrogen) atoms. The first-order valence-corrected chi connectivity index (χ1v) is 7.63. The summed E-state index contributed by atoms with van der Waals surface area (Å²) >= 11 is 0. The van der Waals surface area contributed by atoms with Gasteiger partial charge < -0.3 is 10.1 Å². The summed E-state index contributed by atoms with van der Waals surface area (Å²) in [6.07, 6.45) is 5.44. The van der Waals surface area contributed by atoms with Gasteiger partial charge in [-0.25, -0.2) is 4.39 Å². The molecule has 0 spiro atoms. The average Bonchev–Trinajstić information content (AvgIpc) is 3.04. The van der Waals surface area contributed by atoms with Crippen LogP contribution in [-0.2, 0) is 0 Å². The molecule has 1 aliphatic heterocycles. The molecule has 0 unspecified atom stereocenters. The van der Waals surface area contributed by atoms with E-state index in [4.69, 9.17) is 4.74 Å². The number of benzene rings is 2. The minimum atomic E-state index is -0.167. The lowest BCUT2D eigenvalue weighted by Gasteiger charge is -2.37. The quantitative estimate of drug-likeness (QED) is 0.814. The van der Waals surface area contributed by atoms with E-state index < -0.39 is 0 Å². The van der Waals surface area contributed by atoms with Gasteiger partial charge in [0.15, 0.2) is 0 Å². The van der Waals surface area contributed by atoms with E-state index in [0.717, 1.165) is 23.4 Å². The second-order valence-corrected chi connectivity index (χ2v) is 5.98. The zero-order valence-corrected chi connectivity index (χ0v) is 12.4. The van der Waals surface area contributed by atoms with Gasteiger partial charge >= 0.3 is 0 Å². The average molecular weight is 295 g/mol. The Morgan fingerprint density at radius 2 is 2.09 bits per heavy atom. The lowest BCUT2D eigenvalue weighted by molar-refractivity contribution is 0.406. The molecular weight excluding hydrogens is 277 g/mol. The molecule has 0 amide bonds. The van der Waals surface area contributed by atoms with Crippen LogP contribution in [0.15, 0.2) is 54.6 Å². The molecule has 2 aromatic rings. The standard InChI is InChI=1S/C19H18FNO/c1-22-14-5-2-4-12(10-14)19-16-7-3-6-15(16)17-11-13(20)8-9-18(17)21-19/h2-6,8-11,15-16,19,21H,7H2,1H3/t15-,16-,19-/m0/s1. The van der Waals surface area contributed by atoms with Crippen molar-refractivity contribution >= 4 is 5.69 Å². The van der Waals surface area contributed by atoms with Crippen LogP contribution in [0.4, 0.5) is 10.1 Å². The maximum atomic E-state index is 13.6. The molecule has 0 radical (unpaired) electrons. The van der Waals surface area contributed by atoms with Crippen molar-refractivity contribution in [2.45, 2.75) is 18.4 Å². The summed E-state index contributed by atoms with van der Waals surface area (Å²) in [4.78, 5) is 0. The smallest absolute Gasteiger partial charge is 0.123 e. The molecule has 2 nitrogen and oxygen atoms in total. The highest BCUT2D eigenvalue weighted by Crippen LogP contribution is 2.50. The van der Waals surface area contributed by atoms with Crippen molar-refractivity contribution in [1.82, 2.24) is 0 Å². The molecule has 2 aromatic carbocycles. The number of anilines is 1. The summed E-state index contributed by atoms with van der Waals surface area (Å²) in [6, 6.07) is 13.4. The maximum absolute atomic E-state index is 13.6. The molecular formula is C19H18FNO. The van der Waals surface area contributed by atoms with Crippen molar-refractivity contribution in [3.63, 3.8) is 0 Å². The Morgan fingerprint density at radius 3 is 2.95 bits per heavy atom. The molecule has 2 aliphatic rings. The normalized spacial score (nSPS) is 25.3. The van der Waals surface area contributed by atoms with Crippen LogP contribution in [0.3, 0.4) is 0 Å². The van der Waals surface area contributed by atoms with E-state index >= 15 is 0 Å². The maximum Gasteiger partial charge on any atom is 0.123 e. The van der Waals surface area contributed by atoms with Crippen LogP contribution in [0.25, 0.3) is 0 Å². The summed E-state index contributed by atoms with van der Waals surface area (Å²) in [6.45, 7) is 0. The van der Waals surface area contributed by atoms with E-state index in [1.165, 1.54) is 11.6 Å². The van der Waals surface area contributed by atoms with Crippen LogP contribution in [0.1, 0.15) is 29.5 Å². The van der Waals surface area contributed by atoms with Gasteiger partial charge in [-0.1, -0.05) is 24.3 Å². The van der Waals surface area contributed by atoms with Crippen molar-refractivity contribution in [2.75, 3.05) is 12.4 Å². The Hall–Kier alpha value is -2.29. The third kappa shape index (κ3) is 2.08. The van der Waals surface area contributed by atoms with Gasteiger partial charge in [0.05, 0.1) is 13.2 Å². The van der Waals surface area contributed by atoms with Crippen molar-refractivity contribution in [1.29, 1.82) is 0 Å². The fraction of sp³-hybridized carbons (Fsp3) is 0.263. The van der Waals surface area contributed by atoms with Crippen molar-refractivity contribution in [3.05, 3.63) is 71.6 Å². The third-order valence-corrected chi connectivity index (χ3v) is 4.78. The van der Waals surface area contributed by atoms with E-state index in [2.05, 4.69) is 29.6 Å². The molecule has 1 N–H and O–H groups in total. The lowest BCUT2D eigenvalue weighted by Crippen LogP contribution is -2.29. The second-order valence-electron chi connectivity index (χ2n) is 5.98.